The second-order valence-electron chi connectivity index (χ2n) is 7.17. The fourth-order valence-electron chi connectivity index (χ4n) is 3.35. The van der Waals surface area contributed by atoms with Crippen LogP contribution in [0.1, 0.15) is 24.0 Å². The Morgan fingerprint density at radius 3 is 2.55 bits per heavy atom. The zero-order valence-electron chi connectivity index (χ0n) is 17.0. The maximum atomic E-state index is 13.0. The van der Waals surface area contributed by atoms with Gasteiger partial charge in [0.05, 0.1) is 12.0 Å². The summed E-state index contributed by atoms with van der Waals surface area (Å²) in [5, 5.41) is 6.36. The van der Waals surface area contributed by atoms with Gasteiger partial charge in [0, 0.05) is 31.1 Å². The highest BCUT2D eigenvalue weighted by molar-refractivity contribution is 5.95. The summed E-state index contributed by atoms with van der Waals surface area (Å²) >= 11 is 0. The molecule has 2 aromatic rings. The lowest BCUT2D eigenvalue weighted by molar-refractivity contribution is -0.130. The van der Waals surface area contributed by atoms with Crippen molar-refractivity contribution in [1.29, 1.82) is 0 Å². The third-order valence-electron chi connectivity index (χ3n) is 5.01. The second kappa shape index (κ2) is 11.4. The third-order valence-corrected chi connectivity index (χ3v) is 5.01. The number of carbonyl (C=O) groups is 1. The number of hydrogen-bond donors (Lipinski definition) is 2. The van der Waals surface area contributed by atoms with E-state index in [1.807, 2.05) is 44.2 Å². The first-order valence-corrected chi connectivity index (χ1v) is 9.25. The molecule has 0 atom stereocenters. The standard InChI is InChI=1S/C21H27N3O3.2ClH/c1-15-6-9-23-19(12-15)27-18-13-17(5-4-16(18)2)24-20(25)21(14-26-3)7-10-22-11-8-21;;/h4-6,9,12-13,22H,7-8,10-11,14H2,1-3H3,(H,24,25);2*1H. The van der Waals surface area contributed by atoms with Crippen LogP contribution >= 0.6 is 24.8 Å². The minimum atomic E-state index is -0.496. The molecule has 0 aliphatic carbocycles. The highest BCUT2D eigenvalue weighted by Gasteiger charge is 2.39. The molecule has 1 amide bonds. The molecule has 8 heteroatoms. The van der Waals surface area contributed by atoms with Gasteiger partial charge in [-0.1, -0.05) is 6.07 Å². The van der Waals surface area contributed by atoms with E-state index >= 15 is 0 Å². The van der Waals surface area contributed by atoms with Crippen LogP contribution in [0.2, 0.25) is 0 Å². The number of amides is 1. The Hall–Kier alpha value is -1.86. The number of pyridine rings is 1. The summed E-state index contributed by atoms with van der Waals surface area (Å²) in [6.07, 6.45) is 3.24. The van der Waals surface area contributed by atoms with Crippen molar-refractivity contribution in [1.82, 2.24) is 10.3 Å². The summed E-state index contributed by atoms with van der Waals surface area (Å²) in [5.41, 5.74) is 2.27. The molecule has 0 unspecified atom stereocenters. The van der Waals surface area contributed by atoms with E-state index in [2.05, 4.69) is 15.6 Å². The van der Waals surface area contributed by atoms with E-state index in [9.17, 15) is 4.79 Å². The molecule has 6 nitrogen and oxygen atoms in total. The maximum absolute atomic E-state index is 13.0. The number of nitrogens with one attached hydrogen (secondary N) is 2. The number of methoxy groups -OCH3 is 1. The van der Waals surface area contributed by atoms with Gasteiger partial charge in [-0.15, -0.1) is 24.8 Å². The summed E-state index contributed by atoms with van der Waals surface area (Å²) in [5.74, 6) is 1.21. The van der Waals surface area contributed by atoms with Crippen molar-refractivity contribution in [2.45, 2.75) is 26.7 Å². The molecule has 2 N–H and O–H groups in total. The molecule has 1 aliphatic heterocycles. The minimum absolute atomic E-state index is 0. The number of aromatic nitrogens is 1. The van der Waals surface area contributed by atoms with Crippen molar-refractivity contribution in [2.75, 3.05) is 32.1 Å². The van der Waals surface area contributed by atoms with Crippen molar-refractivity contribution < 1.29 is 14.3 Å². The Morgan fingerprint density at radius 1 is 1.17 bits per heavy atom. The first-order chi connectivity index (χ1) is 13.0. The van der Waals surface area contributed by atoms with E-state index in [1.165, 1.54) is 0 Å². The molecule has 1 aliphatic rings. The molecule has 3 rings (SSSR count). The van der Waals surface area contributed by atoms with Gasteiger partial charge in [0.1, 0.15) is 5.75 Å². The van der Waals surface area contributed by atoms with Crippen LogP contribution < -0.4 is 15.4 Å². The molecule has 1 aromatic carbocycles. The van der Waals surface area contributed by atoms with Crippen LogP contribution in [-0.2, 0) is 9.53 Å². The molecular weight excluding hydrogens is 413 g/mol. The van der Waals surface area contributed by atoms with Crippen molar-refractivity contribution in [3.05, 3.63) is 47.7 Å². The largest absolute Gasteiger partial charge is 0.439 e. The summed E-state index contributed by atoms with van der Waals surface area (Å²) < 4.78 is 11.3. The number of hydrogen-bond acceptors (Lipinski definition) is 5. The van der Waals surface area contributed by atoms with E-state index < -0.39 is 5.41 Å². The van der Waals surface area contributed by atoms with Crippen LogP contribution in [0.4, 0.5) is 5.69 Å². The van der Waals surface area contributed by atoms with Crippen molar-refractivity contribution in [3.8, 4) is 11.6 Å². The van der Waals surface area contributed by atoms with Crippen LogP contribution in [0.5, 0.6) is 11.6 Å². The van der Waals surface area contributed by atoms with Gasteiger partial charge in [0.2, 0.25) is 11.8 Å². The smallest absolute Gasteiger partial charge is 0.233 e. The molecule has 0 radical (unpaired) electrons. The minimum Gasteiger partial charge on any atom is -0.439 e. The number of piperidine rings is 1. The lowest BCUT2D eigenvalue weighted by atomic mass is 9.78. The molecule has 1 saturated heterocycles. The van der Waals surface area contributed by atoms with E-state index in [0.717, 1.165) is 37.1 Å². The highest BCUT2D eigenvalue weighted by atomic mass is 35.5. The number of benzene rings is 1. The number of carbonyl (C=O) groups excluding carboxylic acids is 1. The third kappa shape index (κ3) is 6.31. The van der Waals surface area contributed by atoms with E-state index in [0.29, 0.717) is 23.9 Å². The van der Waals surface area contributed by atoms with Crippen molar-refractivity contribution >= 4 is 36.4 Å². The van der Waals surface area contributed by atoms with Gasteiger partial charge in [-0.25, -0.2) is 4.98 Å². The van der Waals surface area contributed by atoms with Crippen LogP contribution in [0.15, 0.2) is 36.5 Å². The number of aryl methyl sites for hydroxylation is 2. The molecule has 160 valence electrons. The fourth-order valence-corrected chi connectivity index (χ4v) is 3.35. The predicted molar refractivity (Wildman–Crippen MR) is 120 cm³/mol. The van der Waals surface area contributed by atoms with Gasteiger partial charge >= 0.3 is 0 Å². The normalized spacial score (nSPS) is 14.9. The van der Waals surface area contributed by atoms with Gasteiger partial charge in [-0.2, -0.15) is 0 Å². The molecule has 29 heavy (non-hydrogen) atoms. The Balaban J connectivity index is 0.00000210. The lowest BCUT2D eigenvalue weighted by Crippen LogP contribution is -2.47. The molecule has 1 fully saturated rings. The lowest BCUT2D eigenvalue weighted by Gasteiger charge is -2.35. The highest BCUT2D eigenvalue weighted by Crippen LogP contribution is 2.32. The van der Waals surface area contributed by atoms with E-state index in [4.69, 9.17) is 9.47 Å². The molecule has 1 aromatic heterocycles. The van der Waals surface area contributed by atoms with Crippen LogP contribution in [0.25, 0.3) is 0 Å². The Bertz CT molecular complexity index is 806. The van der Waals surface area contributed by atoms with Gasteiger partial charge in [0.15, 0.2) is 0 Å². The average Bonchev–Trinajstić information content (AvgIpc) is 2.65. The number of nitrogens with zero attached hydrogens (tertiary/aromatic N) is 1. The van der Waals surface area contributed by atoms with Crippen molar-refractivity contribution in [2.24, 2.45) is 5.41 Å². The molecule has 2 heterocycles. The van der Waals surface area contributed by atoms with Crippen molar-refractivity contribution in [3.63, 3.8) is 0 Å². The number of rotatable bonds is 6. The Labute approximate surface area is 184 Å². The molecule has 0 bridgehead atoms. The monoisotopic (exact) mass is 441 g/mol. The van der Waals surface area contributed by atoms with Gasteiger partial charge in [-0.3, -0.25) is 4.79 Å². The quantitative estimate of drug-likeness (QED) is 0.699. The summed E-state index contributed by atoms with van der Waals surface area (Å²) in [6, 6.07) is 9.48. The van der Waals surface area contributed by atoms with Crippen LogP contribution in [0, 0.1) is 19.3 Å². The van der Waals surface area contributed by atoms with Crippen LogP contribution in [-0.4, -0.2) is 37.7 Å². The summed E-state index contributed by atoms with van der Waals surface area (Å²) in [6.45, 7) is 6.02. The predicted octanol–water partition coefficient (Wildman–Crippen LogP) is 4.29. The fraction of sp³-hybridized carbons (Fsp3) is 0.429. The molecule has 0 spiro atoms. The zero-order chi connectivity index (χ0) is 19.3. The average molecular weight is 442 g/mol. The summed E-state index contributed by atoms with van der Waals surface area (Å²) in [7, 11) is 1.64. The van der Waals surface area contributed by atoms with Gasteiger partial charge in [-0.05, 0) is 63.0 Å². The second-order valence-corrected chi connectivity index (χ2v) is 7.17. The number of anilines is 1. The van der Waals surface area contributed by atoms with Crippen LogP contribution in [0.3, 0.4) is 0 Å². The first kappa shape index (κ1) is 25.2. The maximum Gasteiger partial charge on any atom is 0.233 e. The Morgan fingerprint density at radius 2 is 1.90 bits per heavy atom. The van der Waals surface area contributed by atoms with Gasteiger partial charge in [0.25, 0.3) is 0 Å². The summed E-state index contributed by atoms with van der Waals surface area (Å²) in [4.78, 5) is 17.2. The molecular formula is C21H29Cl2N3O3. The topological polar surface area (TPSA) is 72.5 Å². The van der Waals surface area contributed by atoms with Gasteiger partial charge < -0.3 is 20.1 Å². The zero-order valence-corrected chi connectivity index (χ0v) is 18.6. The number of ether oxygens (including phenoxy) is 2. The Kier molecular flexibility index (Phi) is 9.86. The van der Waals surface area contributed by atoms with E-state index in [-0.39, 0.29) is 30.7 Å². The SMILES string of the molecule is COCC1(C(=O)Nc2ccc(C)c(Oc3cc(C)ccn3)c2)CCNCC1.Cl.Cl. The number of halogens is 2. The first-order valence-electron chi connectivity index (χ1n) is 9.25. The van der Waals surface area contributed by atoms with E-state index in [1.54, 1.807) is 13.3 Å². The molecule has 0 saturated carbocycles.